The predicted octanol–water partition coefficient (Wildman–Crippen LogP) is 1.48. The zero-order valence-electron chi connectivity index (χ0n) is 11.3. The highest BCUT2D eigenvalue weighted by molar-refractivity contribution is 9.10. The van der Waals surface area contributed by atoms with E-state index < -0.39 is 5.60 Å². The van der Waals surface area contributed by atoms with Crippen molar-refractivity contribution in [3.63, 3.8) is 0 Å². The lowest BCUT2D eigenvalue weighted by atomic mass is 9.97. The topological polar surface area (TPSA) is 67.8 Å². The molecule has 0 spiro atoms. The molecule has 1 heterocycles. The summed E-state index contributed by atoms with van der Waals surface area (Å²) < 4.78 is 11.6. The van der Waals surface area contributed by atoms with Gasteiger partial charge >= 0.3 is 0 Å². The molecule has 2 unspecified atom stereocenters. The molecule has 1 aliphatic heterocycles. The van der Waals surface area contributed by atoms with Crippen LogP contribution in [0.5, 0.6) is 5.75 Å². The SMILES string of the molecule is CC1OCCC1(O)CNC(=O)COc1ccc(Br)cc1. The normalized spacial score (nSPS) is 25.4. The molecule has 20 heavy (non-hydrogen) atoms. The molecule has 6 heteroatoms. The summed E-state index contributed by atoms with van der Waals surface area (Å²) in [6.45, 7) is 2.42. The average Bonchev–Trinajstić information content (AvgIpc) is 2.76. The first kappa shape index (κ1) is 15.3. The molecule has 1 aliphatic rings. The minimum Gasteiger partial charge on any atom is -0.484 e. The van der Waals surface area contributed by atoms with Crippen LogP contribution in [-0.4, -0.2) is 42.5 Å². The van der Waals surface area contributed by atoms with E-state index in [2.05, 4.69) is 21.2 Å². The number of hydrogen-bond acceptors (Lipinski definition) is 4. The largest absolute Gasteiger partial charge is 0.484 e. The minimum absolute atomic E-state index is 0.0764. The van der Waals surface area contributed by atoms with Crippen LogP contribution in [0.25, 0.3) is 0 Å². The third-order valence-electron chi connectivity index (χ3n) is 3.43. The Labute approximate surface area is 126 Å². The molecule has 2 atom stereocenters. The minimum atomic E-state index is -0.979. The van der Waals surface area contributed by atoms with Gasteiger partial charge in [-0.05, 0) is 31.2 Å². The van der Waals surface area contributed by atoms with Crippen LogP contribution in [-0.2, 0) is 9.53 Å². The van der Waals surface area contributed by atoms with E-state index in [-0.39, 0.29) is 25.2 Å². The Hall–Kier alpha value is -1.11. The van der Waals surface area contributed by atoms with Crippen molar-refractivity contribution >= 4 is 21.8 Å². The summed E-state index contributed by atoms with van der Waals surface area (Å²) >= 11 is 3.33. The van der Waals surface area contributed by atoms with Crippen LogP contribution in [0, 0.1) is 0 Å². The summed E-state index contributed by atoms with van der Waals surface area (Å²) in [4.78, 5) is 11.7. The van der Waals surface area contributed by atoms with Gasteiger partial charge in [0, 0.05) is 24.0 Å². The van der Waals surface area contributed by atoms with Gasteiger partial charge in [0.1, 0.15) is 11.4 Å². The summed E-state index contributed by atoms with van der Waals surface area (Å²) in [5.41, 5.74) is -0.979. The molecule has 1 saturated heterocycles. The van der Waals surface area contributed by atoms with Crippen molar-refractivity contribution in [3.05, 3.63) is 28.7 Å². The number of halogens is 1. The van der Waals surface area contributed by atoms with E-state index in [9.17, 15) is 9.90 Å². The van der Waals surface area contributed by atoms with E-state index >= 15 is 0 Å². The maximum absolute atomic E-state index is 11.7. The summed E-state index contributed by atoms with van der Waals surface area (Å²) in [6, 6.07) is 7.23. The predicted molar refractivity (Wildman–Crippen MR) is 77.6 cm³/mol. The third kappa shape index (κ3) is 3.94. The first-order valence-corrected chi connectivity index (χ1v) is 7.28. The number of rotatable bonds is 5. The molecule has 110 valence electrons. The molecule has 0 radical (unpaired) electrons. The van der Waals surface area contributed by atoms with Crippen molar-refractivity contribution in [3.8, 4) is 5.75 Å². The fourth-order valence-electron chi connectivity index (χ4n) is 1.99. The number of amides is 1. The van der Waals surface area contributed by atoms with Gasteiger partial charge in [-0.1, -0.05) is 15.9 Å². The van der Waals surface area contributed by atoms with Crippen molar-refractivity contribution in [2.45, 2.75) is 25.0 Å². The quantitative estimate of drug-likeness (QED) is 0.849. The summed E-state index contributed by atoms with van der Waals surface area (Å²) in [5.74, 6) is 0.361. The van der Waals surface area contributed by atoms with Crippen LogP contribution in [0.1, 0.15) is 13.3 Å². The van der Waals surface area contributed by atoms with Crippen LogP contribution >= 0.6 is 15.9 Å². The van der Waals surface area contributed by atoms with Gasteiger partial charge in [-0.2, -0.15) is 0 Å². The highest BCUT2D eigenvalue weighted by atomic mass is 79.9. The smallest absolute Gasteiger partial charge is 0.258 e. The summed E-state index contributed by atoms with van der Waals surface area (Å²) in [6.07, 6.45) is 0.261. The molecule has 1 aromatic carbocycles. The number of benzene rings is 1. The molecular weight excluding hydrogens is 326 g/mol. The second-order valence-electron chi connectivity index (χ2n) is 4.89. The second-order valence-corrected chi connectivity index (χ2v) is 5.80. The van der Waals surface area contributed by atoms with Gasteiger partial charge in [0.05, 0.1) is 6.10 Å². The standard InChI is InChI=1S/C14H18BrNO4/c1-10-14(18,6-7-19-10)9-16-13(17)8-20-12-4-2-11(15)3-5-12/h2-5,10,18H,6-9H2,1H3,(H,16,17). The number of carbonyl (C=O) groups excluding carboxylic acids is 1. The molecule has 5 nitrogen and oxygen atoms in total. The van der Waals surface area contributed by atoms with Crippen molar-refractivity contribution in [1.82, 2.24) is 5.32 Å². The number of nitrogens with one attached hydrogen (secondary N) is 1. The molecule has 1 fully saturated rings. The Morgan fingerprint density at radius 3 is 2.85 bits per heavy atom. The maximum atomic E-state index is 11.7. The fraction of sp³-hybridized carbons (Fsp3) is 0.500. The molecule has 1 amide bonds. The summed E-state index contributed by atoms with van der Waals surface area (Å²) in [7, 11) is 0. The first-order valence-electron chi connectivity index (χ1n) is 6.49. The van der Waals surface area contributed by atoms with Crippen LogP contribution in [0.4, 0.5) is 0 Å². The van der Waals surface area contributed by atoms with Gasteiger partial charge in [-0.25, -0.2) is 0 Å². The van der Waals surface area contributed by atoms with Crippen LogP contribution in [0.3, 0.4) is 0 Å². The fourth-order valence-corrected chi connectivity index (χ4v) is 2.25. The Morgan fingerprint density at radius 2 is 2.25 bits per heavy atom. The van der Waals surface area contributed by atoms with Gasteiger partial charge < -0.3 is 19.9 Å². The molecule has 0 saturated carbocycles. The number of hydrogen-bond donors (Lipinski definition) is 2. The zero-order chi connectivity index (χ0) is 14.6. The number of ether oxygens (including phenoxy) is 2. The van der Waals surface area contributed by atoms with Gasteiger partial charge in [-0.3, -0.25) is 4.79 Å². The van der Waals surface area contributed by atoms with Crippen molar-refractivity contribution in [2.24, 2.45) is 0 Å². The zero-order valence-corrected chi connectivity index (χ0v) is 12.9. The Morgan fingerprint density at radius 1 is 1.55 bits per heavy atom. The lowest BCUT2D eigenvalue weighted by Gasteiger charge is -2.26. The van der Waals surface area contributed by atoms with Gasteiger partial charge in [0.2, 0.25) is 0 Å². The van der Waals surface area contributed by atoms with Gasteiger partial charge in [0.15, 0.2) is 6.61 Å². The molecule has 1 aromatic rings. The summed E-state index contributed by atoms with van der Waals surface area (Å²) in [5, 5.41) is 12.9. The molecule has 0 bridgehead atoms. The average molecular weight is 344 g/mol. The molecule has 2 N–H and O–H groups in total. The molecular formula is C14H18BrNO4. The lowest BCUT2D eigenvalue weighted by Crippen LogP contribution is -2.48. The highest BCUT2D eigenvalue weighted by Crippen LogP contribution is 2.24. The van der Waals surface area contributed by atoms with E-state index in [1.165, 1.54) is 0 Å². The van der Waals surface area contributed by atoms with E-state index in [0.29, 0.717) is 18.8 Å². The van der Waals surface area contributed by atoms with E-state index in [4.69, 9.17) is 9.47 Å². The van der Waals surface area contributed by atoms with Crippen molar-refractivity contribution in [2.75, 3.05) is 19.8 Å². The number of aliphatic hydroxyl groups is 1. The monoisotopic (exact) mass is 343 g/mol. The van der Waals surface area contributed by atoms with E-state index in [1.807, 2.05) is 12.1 Å². The Balaban J connectivity index is 1.74. The second kappa shape index (κ2) is 6.56. The first-order chi connectivity index (χ1) is 9.49. The van der Waals surface area contributed by atoms with E-state index in [0.717, 1.165) is 4.47 Å². The molecule has 0 aliphatic carbocycles. The van der Waals surface area contributed by atoms with Crippen LogP contribution < -0.4 is 10.1 Å². The van der Waals surface area contributed by atoms with Crippen LogP contribution in [0.15, 0.2) is 28.7 Å². The van der Waals surface area contributed by atoms with Crippen molar-refractivity contribution in [1.29, 1.82) is 0 Å². The Bertz CT molecular complexity index is 465. The van der Waals surface area contributed by atoms with E-state index in [1.54, 1.807) is 19.1 Å². The van der Waals surface area contributed by atoms with Crippen LogP contribution in [0.2, 0.25) is 0 Å². The Kier molecular flexibility index (Phi) is 5.01. The van der Waals surface area contributed by atoms with Crippen molar-refractivity contribution < 1.29 is 19.4 Å². The lowest BCUT2D eigenvalue weighted by molar-refractivity contribution is -0.124. The molecule has 2 rings (SSSR count). The molecule has 0 aromatic heterocycles. The van der Waals surface area contributed by atoms with Gasteiger partial charge in [0.25, 0.3) is 5.91 Å². The maximum Gasteiger partial charge on any atom is 0.258 e. The van der Waals surface area contributed by atoms with Gasteiger partial charge in [-0.15, -0.1) is 0 Å². The highest BCUT2D eigenvalue weighted by Gasteiger charge is 2.39. The third-order valence-corrected chi connectivity index (χ3v) is 3.96. The number of carbonyl (C=O) groups is 1.